The van der Waals surface area contributed by atoms with Crippen LogP contribution in [-0.4, -0.2) is 7.11 Å². The fourth-order valence-corrected chi connectivity index (χ4v) is 2.36. The lowest BCUT2D eigenvalue weighted by Crippen LogP contribution is -2.35. The molecule has 0 aliphatic carbocycles. The van der Waals surface area contributed by atoms with E-state index in [4.69, 9.17) is 4.74 Å². The Labute approximate surface area is 131 Å². The van der Waals surface area contributed by atoms with Crippen LogP contribution in [0.4, 0.5) is 15.8 Å². The van der Waals surface area contributed by atoms with Gasteiger partial charge in [0.05, 0.1) is 12.7 Å². The molecule has 1 N–H and O–H groups in total. The van der Waals surface area contributed by atoms with E-state index in [9.17, 15) is 14.0 Å². The number of ether oxygens (including phenoxy) is 1. The van der Waals surface area contributed by atoms with Crippen molar-refractivity contribution >= 4 is 11.4 Å². The first-order chi connectivity index (χ1) is 11.0. The van der Waals surface area contributed by atoms with Gasteiger partial charge in [-0.1, -0.05) is 18.2 Å². The molecule has 0 heterocycles. The highest BCUT2D eigenvalue weighted by Gasteiger charge is 2.22. The lowest BCUT2D eigenvalue weighted by Gasteiger charge is -2.14. The summed E-state index contributed by atoms with van der Waals surface area (Å²) in [6.07, 6.45) is 0. The van der Waals surface area contributed by atoms with Crippen LogP contribution in [0.3, 0.4) is 0 Å². The lowest BCUT2D eigenvalue weighted by molar-refractivity contribution is 0.415. The van der Waals surface area contributed by atoms with Crippen LogP contribution in [0.1, 0.15) is 5.56 Å². The topological polar surface area (TPSA) is 55.4 Å². The molecule has 0 unspecified atom stereocenters. The smallest absolute Gasteiger partial charge is 0.250 e. The maximum absolute atomic E-state index is 13.6. The highest BCUT2D eigenvalue weighted by molar-refractivity contribution is 5.84. The summed E-state index contributed by atoms with van der Waals surface area (Å²) in [4.78, 5) is 23.7. The van der Waals surface area contributed by atoms with Crippen LogP contribution in [0.5, 0.6) is 5.75 Å². The second-order valence-electron chi connectivity index (χ2n) is 5.23. The summed E-state index contributed by atoms with van der Waals surface area (Å²) in [5.41, 5.74) is 0.889. The summed E-state index contributed by atoms with van der Waals surface area (Å²) < 4.78 is 18.7. The van der Waals surface area contributed by atoms with E-state index < -0.39 is 10.9 Å². The van der Waals surface area contributed by atoms with E-state index in [1.165, 1.54) is 6.07 Å². The fraction of sp³-hybridized carbons (Fsp3) is 0.111. The third kappa shape index (κ3) is 2.61. The standard InChI is InChI=1S/C18H14FNO3/c1-10-3-6-12(9-14(10)19)20-16-15(17(21)18(16)22)11-4-7-13(23-2)8-5-11/h3-9,20H,1-2H3. The van der Waals surface area contributed by atoms with Gasteiger partial charge in [0.2, 0.25) is 5.43 Å². The number of aryl methyl sites for hydroxylation is 1. The van der Waals surface area contributed by atoms with Gasteiger partial charge >= 0.3 is 0 Å². The van der Waals surface area contributed by atoms with E-state index in [1.54, 1.807) is 50.4 Å². The van der Waals surface area contributed by atoms with Crippen molar-refractivity contribution in [2.75, 3.05) is 12.4 Å². The fourth-order valence-electron chi connectivity index (χ4n) is 2.36. The zero-order valence-corrected chi connectivity index (χ0v) is 12.6. The molecule has 3 aromatic rings. The molecule has 0 saturated heterocycles. The van der Waals surface area contributed by atoms with Gasteiger partial charge < -0.3 is 10.1 Å². The van der Waals surface area contributed by atoms with Crippen molar-refractivity contribution in [2.45, 2.75) is 6.92 Å². The third-order valence-corrected chi connectivity index (χ3v) is 3.73. The summed E-state index contributed by atoms with van der Waals surface area (Å²) in [5.74, 6) is 0.280. The predicted molar refractivity (Wildman–Crippen MR) is 87.8 cm³/mol. The Kier molecular flexibility index (Phi) is 3.70. The van der Waals surface area contributed by atoms with Crippen molar-refractivity contribution in [2.24, 2.45) is 0 Å². The van der Waals surface area contributed by atoms with Gasteiger partial charge in [-0.3, -0.25) is 9.59 Å². The molecule has 0 radical (unpaired) electrons. The first-order valence-electron chi connectivity index (χ1n) is 7.02. The molecule has 0 atom stereocenters. The second kappa shape index (κ2) is 5.68. The van der Waals surface area contributed by atoms with Gasteiger partial charge in [-0.15, -0.1) is 0 Å². The van der Waals surface area contributed by atoms with Crippen LogP contribution in [0.2, 0.25) is 0 Å². The maximum Gasteiger partial charge on any atom is 0.250 e. The lowest BCUT2D eigenvalue weighted by atomic mass is 9.98. The number of hydrogen-bond donors (Lipinski definition) is 1. The first-order valence-corrected chi connectivity index (χ1v) is 7.02. The van der Waals surface area contributed by atoms with Gasteiger partial charge in [0.15, 0.2) is 0 Å². The van der Waals surface area contributed by atoms with E-state index >= 15 is 0 Å². The first kappa shape index (κ1) is 15.0. The highest BCUT2D eigenvalue weighted by atomic mass is 19.1. The van der Waals surface area contributed by atoms with Crippen LogP contribution >= 0.6 is 0 Å². The van der Waals surface area contributed by atoms with Gasteiger partial charge in [-0.05, 0) is 42.3 Å². The number of anilines is 2. The zero-order chi connectivity index (χ0) is 16.6. The molecular formula is C18H14FNO3. The van der Waals surface area contributed by atoms with Crippen LogP contribution < -0.4 is 20.9 Å². The third-order valence-electron chi connectivity index (χ3n) is 3.73. The van der Waals surface area contributed by atoms with Gasteiger partial charge in [-0.25, -0.2) is 4.39 Å². The summed E-state index contributed by atoms with van der Waals surface area (Å²) in [6, 6.07) is 11.4. The van der Waals surface area contributed by atoms with E-state index in [2.05, 4.69) is 5.32 Å². The number of hydrogen-bond acceptors (Lipinski definition) is 4. The predicted octanol–water partition coefficient (Wildman–Crippen LogP) is 3.15. The molecule has 3 rings (SSSR count). The summed E-state index contributed by atoms with van der Waals surface area (Å²) in [6.45, 7) is 1.65. The normalized spacial score (nSPS) is 10.7. The molecule has 0 amide bonds. The van der Waals surface area contributed by atoms with E-state index in [0.29, 0.717) is 28.1 Å². The molecule has 3 aromatic carbocycles. The van der Waals surface area contributed by atoms with Gasteiger partial charge in [0.25, 0.3) is 5.43 Å². The summed E-state index contributed by atoms with van der Waals surface area (Å²) in [7, 11) is 1.55. The van der Waals surface area contributed by atoms with Gasteiger partial charge in [0.1, 0.15) is 17.3 Å². The largest absolute Gasteiger partial charge is 0.497 e. The number of nitrogens with one attached hydrogen (secondary N) is 1. The molecule has 0 aromatic heterocycles. The number of halogens is 1. The minimum absolute atomic E-state index is 0.184. The summed E-state index contributed by atoms with van der Waals surface area (Å²) >= 11 is 0. The highest BCUT2D eigenvalue weighted by Crippen LogP contribution is 2.28. The van der Waals surface area contributed by atoms with Crippen LogP contribution in [0.15, 0.2) is 52.1 Å². The Morgan fingerprint density at radius 2 is 1.70 bits per heavy atom. The van der Waals surface area contributed by atoms with Crippen molar-refractivity contribution in [3.63, 3.8) is 0 Å². The van der Waals surface area contributed by atoms with Crippen LogP contribution in [0.25, 0.3) is 11.1 Å². The molecule has 5 heteroatoms. The Balaban J connectivity index is 1.97. The van der Waals surface area contributed by atoms with Crippen molar-refractivity contribution in [1.82, 2.24) is 0 Å². The number of rotatable bonds is 4. The minimum Gasteiger partial charge on any atom is -0.497 e. The SMILES string of the molecule is COc1ccc(-c2c(Nc3ccc(C)c(F)c3)c(=O)c2=O)cc1. The average molecular weight is 311 g/mol. The molecule has 0 saturated carbocycles. The number of benzene rings is 2. The van der Waals surface area contributed by atoms with E-state index in [-0.39, 0.29) is 11.5 Å². The average Bonchev–Trinajstić information content (AvgIpc) is 2.57. The quantitative estimate of drug-likeness (QED) is 0.752. The van der Waals surface area contributed by atoms with Crippen molar-refractivity contribution in [3.8, 4) is 16.9 Å². The van der Waals surface area contributed by atoms with E-state index in [1.807, 2.05) is 0 Å². The van der Waals surface area contributed by atoms with Crippen molar-refractivity contribution < 1.29 is 9.13 Å². The Morgan fingerprint density at radius 1 is 1.00 bits per heavy atom. The maximum atomic E-state index is 13.6. The molecule has 0 fully saturated rings. The van der Waals surface area contributed by atoms with Crippen LogP contribution in [0, 0.1) is 12.7 Å². The minimum atomic E-state index is -0.600. The molecule has 0 aliphatic rings. The molecule has 0 aliphatic heterocycles. The molecule has 0 spiro atoms. The molecule has 4 nitrogen and oxygen atoms in total. The summed E-state index contributed by atoms with van der Waals surface area (Å²) in [5, 5.41) is 2.84. The molecule has 0 bridgehead atoms. The van der Waals surface area contributed by atoms with Crippen molar-refractivity contribution in [3.05, 3.63) is 74.3 Å². The van der Waals surface area contributed by atoms with Crippen molar-refractivity contribution in [1.29, 1.82) is 0 Å². The van der Waals surface area contributed by atoms with Gasteiger partial charge in [-0.2, -0.15) is 0 Å². The van der Waals surface area contributed by atoms with E-state index in [0.717, 1.165) is 0 Å². The monoisotopic (exact) mass is 311 g/mol. The van der Waals surface area contributed by atoms with Gasteiger partial charge in [0, 0.05) is 5.69 Å². The van der Waals surface area contributed by atoms with Crippen LogP contribution in [-0.2, 0) is 0 Å². The number of methoxy groups -OCH3 is 1. The molecular weight excluding hydrogens is 297 g/mol. The zero-order valence-electron chi connectivity index (χ0n) is 12.6. The Morgan fingerprint density at radius 3 is 2.30 bits per heavy atom. The Bertz CT molecular complexity index is 938. The molecule has 23 heavy (non-hydrogen) atoms. The molecule has 116 valence electrons. The Hall–Kier alpha value is -2.95. The second-order valence-corrected chi connectivity index (χ2v) is 5.23.